The average Bonchev–Trinajstić information content (AvgIpc) is 1.63. The molecular weight excluding hydrogens is 176 g/mol. The van der Waals surface area contributed by atoms with Crippen LogP contribution in [0.5, 0.6) is 0 Å². The number of rotatable bonds is 2. The van der Waals surface area contributed by atoms with Crippen LogP contribution in [0.2, 0.25) is 0 Å². The van der Waals surface area contributed by atoms with Crippen molar-refractivity contribution in [3.05, 3.63) is 22.7 Å². The van der Waals surface area contributed by atoms with Crippen LogP contribution in [0, 0.1) is 5.92 Å². The molecule has 0 heterocycles. The Morgan fingerprint density at radius 1 is 1.44 bits per heavy atom. The highest BCUT2D eigenvalue weighted by Gasteiger charge is 1.86. The zero-order chi connectivity index (χ0) is 7.28. The molecule has 0 radical (unpaired) electrons. The van der Waals surface area contributed by atoms with Crippen molar-refractivity contribution < 1.29 is 0 Å². The first kappa shape index (κ1) is 8.96. The van der Waals surface area contributed by atoms with E-state index in [9.17, 15) is 0 Å². The number of hydrogen-bond acceptors (Lipinski definition) is 0. The van der Waals surface area contributed by atoms with Gasteiger partial charge in [0.25, 0.3) is 0 Å². The molecule has 0 aliphatic carbocycles. The topological polar surface area (TPSA) is 0 Å². The molecule has 0 nitrogen and oxygen atoms in total. The van der Waals surface area contributed by atoms with Crippen molar-refractivity contribution in [3.8, 4) is 0 Å². The molecule has 0 aliphatic rings. The van der Waals surface area contributed by atoms with Gasteiger partial charge in [-0.3, -0.25) is 0 Å². The summed E-state index contributed by atoms with van der Waals surface area (Å²) in [5.74, 6) is 0.621. The van der Waals surface area contributed by atoms with Gasteiger partial charge in [0, 0.05) is 4.48 Å². The van der Waals surface area contributed by atoms with Gasteiger partial charge in [-0.05, 0) is 12.8 Å². The SMILES string of the molecule is C/C=C\C(Br)=C/C(C)C. The molecule has 0 atom stereocenters. The van der Waals surface area contributed by atoms with Gasteiger partial charge in [0.1, 0.15) is 0 Å². The highest BCUT2D eigenvalue weighted by atomic mass is 79.9. The molecule has 9 heavy (non-hydrogen) atoms. The molecule has 0 aromatic heterocycles. The first-order chi connectivity index (χ1) is 4.16. The molecule has 0 amide bonds. The Morgan fingerprint density at radius 3 is 2.33 bits per heavy atom. The fourth-order valence-corrected chi connectivity index (χ4v) is 1.33. The minimum absolute atomic E-state index is 0.621. The van der Waals surface area contributed by atoms with E-state index in [0.717, 1.165) is 0 Å². The summed E-state index contributed by atoms with van der Waals surface area (Å²) in [5, 5.41) is 0. The maximum absolute atomic E-state index is 3.41. The van der Waals surface area contributed by atoms with Crippen LogP contribution in [-0.2, 0) is 0 Å². The molecule has 0 aromatic carbocycles. The Kier molecular flexibility index (Phi) is 4.78. The van der Waals surface area contributed by atoms with Crippen LogP contribution in [0.1, 0.15) is 20.8 Å². The lowest BCUT2D eigenvalue weighted by atomic mass is 10.2. The highest BCUT2D eigenvalue weighted by molar-refractivity contribution is 9.11. The minimum Gasteiger partial charge on any atom is -0.0866 e. The molecule has 0 bridgehead atoms. The summed E-state index contributed by atoms with van der Waals surface area (Å²) in [5.41, 5.74) is 0. The van der Waals surface area contributed by atoms with Crippen molar-refractivity contribution in [2.75, 3.05) is 0 Å². The van der Waals surface area contributed by atoms with Crippen LogP contribution in [0.4, 0.5) is 0 Å². The van der Waals surface area contributed by atoms with E-state index in [1.165, 1.54) is 4.48 Å². The highest BCUT2D eigenvalue weighted by Crippen LogP contribution is 2.10. The van der Waals surface area contributed by atoms with Gasteiger partial charge in [-0.15, -0.1) is 0 Å². The van der Waals surface area contributed by atoms with Crippen LogP contribution in [-0.4, -0.2) is 0 Å². The largest absolute Gasteiger partial charge is 0.0866 e. The van der Waals surface area contributed by atoms with Gasteiger partial charge in [0.05, 0.1) is 0 Å². The molecule has 1 heteroatoms. The van der Waals surface area contributed by atoms with Crippen molar-refractivity contribution >= 4 is 15.9 Å². The van der Waals surface area contributed by atoms with E-state index >= 15 is 0 Å². The quantitative estimate of drug-likeness (QED) is 0.583. The molecule has 0 saturated carbocycles. The molecule has 52 valence electrons. The fraction of sp³-hybridized carbons (Fsp3) is 0.500. The number of allylic oxidation sites excluding steroid dienone is 4. The lowest BCUT2D eigenvalue weighted by Gasteiger charge is -1.93. The lowest BCUT2D eigenvalue weighted by Crippen LogP contribution is -1.77. The second kappa shape index (κ2) is 4.80. The molecule has 0 aromatic rings. The van der Waals surface area contributed by atoms with Crippen LogP contribution < -0.4 is 0 Å². The van der Waals surface area contributed by atoms with Gasteiger partial charge in [-0.2, -0.15) is 0 Å². The van der Waals surface area contributed by atoms with Gasteiger partial charge < -0.3 is 0 Å². The third-order valence-electron chi connectivity index (χ3n) is 0.818. The molecule has 0 saturated heterocycles. The van der Waals surface area contributed by atoms with Crippen molar-refractivity contribution in [3.63, 3.8) is 0 Å². The molecule has 0 fully saturated rings. The molecule has 0 rings (SSSR count). The van der Waals surface area contributed by atoms with Crippen LogP contribution in [0.3, 0.4) is 0 Å². The Balaban J connectivity index is 3.84. The van der Waals surface area contributed by atoms with Gasteiger partial charge in [-0.25, -0.2) is 0 Å². The van der Waals surface area contributed by atoms with Crippen molar-refractivity contribution in [1.29, 1.82) is 0 Å². The van der Waals surface area contributed by atoms with E-state index in [4.69, 9.17) is 0 Å². The maximum Gasteiger partial charge on any atom is 0.0134 e. The summed E-state index contributed by atoms with van der Waals surface area (Å²) in [6.45, 7) is 6.32. The number of hydrogen-bond donors (Lipinski definition) is 0. The van der Waals surface area contributed by atoms with Gasteiger partial charge >= 0.3 is 0 Å². The standard InChI is InChI=1S/C8H13Br/c1-4-5-8(9)6-7(2)3/h4-7H,1-3H3/b5-4-,8-6+. The van der Waals surface area contributed by atoms with Crippen LogP contribution in [0.15, 0.2) is 22.7 Å². The Labute approximate surface area is 65.8 Å². The lowest BCUT2D eigenvalue weighted by molar-refractivity contribution is 0.831. The van der Waals surface area contributed by atoms with Crippen LogP contribution >= 0.6 is 15.9 Å². The zero-order valence-electron chi connectivity index (χ0n) is 6.19. The minimum atomic E-state index is 0.621. The predicted octanol–water partition coefficient (Wildman–Crippen LogP) is 3.50. The maximum atomic E-state index is 3.41. The van der Waals surface area contributed by atoms with Crippen molar-refractivity contribution in [1.82, 2.24) is 0 Å². The first-order valence-electron chi connectivity index (χ1n) is 3.17. The van der Waals surface area contributed by atoms with E-state index in [2.05, 4.69) is 35.9 Å². The summed E-state index contributed by atoms with van der Waals surface area (Å²) in [4.78, 5) is 0. The van der Waals surface area contributed by atoms with E-state index in [1.54, 1.807) is 0 Å². The zero-order valence-corrected chi connectivity index (χ0v) is 7.77. The predicted molar refractivity (Wildman–Crippen MR) is 46.7 cm³/mol. The van der Waals surface area contributed by atoms with Crippen molar-refractivity contribution in [2.45, 2.75) is 20.8 Å². The van der Waals surface area contributed by atoms with E-state index < -0.39 is 0 Å². The van der Waals surface area contributed by atoms with E-state index in [-0.39, 0.29) is 0 Å². The average molecular weight is 189 g/mol. The number of halogens is 1. The van der Waals surface area contributed by atoms with E-state index in [0.29, 0.717) is 5.92 Å². The monoisotopic (exact) mass is 188 g/mol. The molecule has 0 aliphatic heterocycles. The summed E-state index contributed by atoms with van der Waals surface area (Å²) < 4.78 is 1.17. The first-order valence-corrected chi connectivity index (χ1v) is 3.96. The second-order valence-corrected chi connectivity index (χ2v) is 3.21. The summed E-state index contributed by atoms with van der Waals surface area (Å²) >= 11 is 3.41. The van der Waals surface area contributed by atoms with Gasteiger partial charge in [0.15, 0.2) is 0 Å². The van der Waals surface area contributed by atoms with Gasteiger partial charge in [0.2, 0.25) is 0 Å². The smallest absolute Gasteiger partial charge is 0.0134 e. The molecule has 0 unspecified atom stereocenters. The third-order valence-corrected chi connectivity index (χ3v) is 1.35. The second-order valence-electron chi connectivity index (χ2n) is 2.30. The Morgan fingerprint density at radius 2 is 2.00 bits per heavy atom. The van der Waals surface area contributed by atoms with Gasteiger partial charge in [-0.1, -0.05) is 48.0 Å². The Bertz CT molecular complexity index is 121. The summed E-state index contributed by atoms with van der Waals surface area (Å²) in [6, 6.07) is 0. The van der Waals surface area contributed by atoms with Crippen molar-refractivity contribution in [2.24, 2.45) is 5.92 Å². The van der Waals surface area contributed by atoms with Crippen LogP contribution in [0.25, 0.3) is 0 Å². The molecule has 0 N–H and O–H groups in total. The Hall–Kier alpha value is -0.0400. The van der Waals surface area contributed by atoms with E-state index in [1.807, 2.05) is 19.1 Å². The third kappa shape index (κ3) is 5.84. The summed E-state index contributed by atoms with van der Waals surface area (Å²) in [6.07, 6.45) is 6.23. The summed E-state index contributed by atoms with van der Waals surface area (Å²) in [7, 11) is 0. The fourth-order valence-electron chi connectivity index (χ4n) is 0.533. The molecule has 0 spiro atoms. The molecular formula is C8H13Br. The normalized spacial score (nSPS) is 13.7.